The van der Waals surface area contributed by atoms with Crippen LogP contribution in [-0.2, 0) is 9.59 Å². The lowest BCUT2D eigenvalue weighted by molar-refractivity contribution is -0.122. The summed E-state index contributed by atoms with van der Waals surface area (Å²) >= 11 is 0. The van der Waals surface area contributed by atoms with Gasteiger partial charge in [-0.2, -0.15) is 4.98 Å². The minimum atomic E-state index is -0.333. The van der Waals surface area contributed by atoms with Gasteiger partial charge in [0.1, 0.15) is 11.5 Å². The summed E-state index contributed by atoms with van der Waals surface area (Å²) in [5, 5.41) is 8.17. The second-order valence-corrected chi connectivity index (χ2v) is 9.34. The first-order valence-corrected chi connectivity index (χ1v) is 12.1. The average molecular weight is 486 g/mol. The molecule has 3 aliphatic rings. The fourth-order valence-electron chi connectivity index (χ4n) is 5.42. The standard InChI is InChI=1S/C27H27N5O4/c1-35-18-11-7-16(8-12-18)22-15-23(17-9-13-19(36-2)14-10-17)32-26(28-22)29-27(30-32)31-24(33)20-5-3-4-6-21(20)25(31)34/h3-4,7-14,20-23H,5-6,15H2,1-2H3,(H,28,29,30)/t20-,21+,22-,23-/m0/s1. The van der Waals surface area contributed by atoms with Gasteiger partial charge in [-0.3, -0.25) is 9.59 Å². The number of nitrogens with zero attached hydrogens (tertiary/aromatic N) is 4. The number of fused-ring (bicyclic) bond motifs is 2. The first kappa shape index (κ1) is 22.3. The van der Waals surface area contributed by atoms with Crippen molar-refractivity contribution >= 4 is 23.7 Å². The summed E-state index contributed by atoms with van der Waals surface area (Å²) in [5.74, 6) is 1.11. The van der Waals surface area contributed by atoms with E-state index in [-0.39, 0.29) is 41.7 Å². The zero-order valence-corrected chi connectivity index (χ0v) is 20.1. The normalized spacial score (nSPS) is 24.8. The van der Waals surface area contributed by atoms with Crippen LogP contribution in [0.1, 0.15) is 42.5 Å². The van der Waals surface area contributed by atoms with E-state index in [0.717, 1.165) is 22.6 Å². The molecular formula is C27H27N5O4. The molecule has 3 heterocycles. The van der Waals surface area contributed by atoms with Gasteiger partial charge in [0, 0.05) is 0 Å². The lowest BCUT2D eigenvalue weighted by Crippen LogP contribution is -2.32. The van der Waals surface area contributed by atoms with E-state index in [9.17, 15) is 9.59 Å². The first-order valence-electron chi connectivity index (χ1n) is 12.1. The van der Waals surface area contributed by atoms with Gasteiger partial charge in [0.15, 0.2) is 0 Å². The van der Waals surface area contributed by atoms with Crippen LogP contribution in [0.25, 0.3) is 0 Å². The van der Waals surface area contributed by atoms with E-state index in [2.05, 4.69) is 10.3 Å². The highest BCUT2D eigenvalue weighted by Gasteiger charge is 2.50. The highest BCUT2D eigenvalue weighted by molar-refractivity contribution is 6.21. The molecule has 4 atom stereocenters. The lowest BCUT2D eigenvalue weighted by Gasteiger charge is -2.31. The van der Waals surface area contributed by atoms with Crippen molar-refractivity contribution in [1.82, 2.24) is 14.8 Å². The number of allylic oxidation sites excluding steroid dienone is 2. The third-order valence-corrected chi connectivity index (χ3v) is 7.40. The largest absolute Gasteiger partial charge is 0.497 e. The van der Waals surface area contributed by atoms with Crippen LogP contribution in [-0.4, -0.2) is 40.8 Å². The molecule has 9 nitrogen and oxygen atoms in total. The molecule has 2 amide bonds. The Balaban J connectivity index is 1.38. The number of carbonyl (C=O) groups is 2. The number of carbonyl (C=O) groups excluding carboxylic acids is 2. The fourth-order valence-corrected chi connectivity index (χ4v) is 5.42. The zero-order chi connectivity index (χ0) is 24.8. The molecule has 184 valence electrons. The molecule has 1 N–H and O–H groups in total. The number of hydrogen-bond donors (Lipinski definition) is 1. The molecule has 6 rings (SSSR count). The molecule has 0 bridgehead atoms. The number of aromatic nitrogens is 3. The topological polar surface area (TPSA) is 98.6 Å². The summed E-state index contributed by atoms with van der Waals surface area (Å²) in [7, 11) is 3.28. The minimum absolute atomic E-state index is 0.0516. The molecule has 36 heavy (non-hydrogen) atoms. The van der Waals surface area contributed by atoms with E-state index in [1.165, 1.54) is 4.90 Å². The molecule has 1 saturated heterocycles. The van der Waals surface area contributed by atoms with Gasteiger partial charge in [-0.15, -0.1) is 5.10 Å². The second-order valence-electron chi connectivity index (χ2n) is 9.34. The predicted octanol–water partition coefficient (Wildman–Crippen LogP) is 3.90. The molecule has 9 heteroatoms. The van der Waals surface area contributed by atoms with Crippen LogP contribution in [0.4, 0.5) is 11.9 Å². The molecular weight excluding hydrogens is 458 g/mol. The number of rotatable bonds is 5. The fraction of sp³-hybridized carbons (Fsp3) is 0.333. The van der Waals surface area contributed by atoms with E-state index >= 15 is 0 Å². The lowest BCUT2D eigenvalue weighted by atomic mass is 9.85. The molecule has 0 radical (unpaired) electrons. The summed E-state index contributed by atoms with van der Waals surface area (Å²) in [6.45, 7) is 0. The van der Waals surface area contributed by atoms with Crippen LogP contribution < -0.4 is 19.7 Å². The molecule has 1 fully saturated rings. The van der Waals surface area contributed by atoms with Gasteiger partial charge in [0.25, 0.3) is 5.95 Å². The van der Waals surface area contributed by atoms with E-state index in [1.54, 1.807) is 18.9 Å². The predicted molar refractivity (Wildman–Crippen MR) is 133 cm³/mol. The molecule has 0 saturated carbocycles. The number of ether oxygens (including phenoxy) is 2. The Labute approximate surface area is 208 Å². The van der Waals surface area contributed by atoms with Crippen molar-refractivity contribution in [2.75, 3.05) is 24.4 Å². The summed E-state index contributed by atoms with van der Waals surface area (Å²) in [6, 6.07) is 15.6. The maximum atomic E-state index is 13.2. The Morgan fingerprint density at radius 1 is 0.833 bits per heavy atom. The van der Waals surface area contributed by atoms with Gasteiger partial charge >= 0.3 is 0 Å². The summed E-state index contributed by atoms with van der Waals surface area (Å²) in [6.07, 6.45) is 5.80. The first-order chi connectivity index (χ1) is 17.6. The van der Waals surface area contributed by atoms with Gasteiger partial charge in [-0.1, -0.05) is 36.4 Å². The van der Waals surface area contributed by atoms with Crippen LogP contribution in [0.3, 0.4) is 0 Å². The molecule has 3 aromatic rings. The van der Waals surface area contributed by atoms with Crippen molar-refractivity contribution in [2.45, 2.75) is 31.3 Å². The number of benzene rings is 2. The van der Waals surface area contributed by atoms with Gasteiger partial charge in [0.2, 0.25) is 17.8 Å². The van der Waals surface area contributed by atoms with Crippen LogP contribution in [0.5, 0.6) is 11.5 Å². The van der Waals surface area contributed by atoms with Crippen molar-refractivity contribution in [2.24, 2.45) is 11.8 Å². The Morgan fingerprint density at radius 3 is 1.94 bits per heavy atom. The van der Waals surface area contributed by atoms with Crippen LogP contribution in [0, 0.1) is 11.8 Å². The molecule has 0 unspecified atom stereocenters. The van der Waals surface area contributed by atoms with Gasteiger partial charge in [-0.05, 0) is 54.7 Å². The van der Waals surface area contributed by atoms with Gasteiger partial charge in [0.05, 0.1) is 38.1 Å². The van der Waals surface area contributed by atoms with Crippen LogP contribution in [0.15, 0.2) is 60.7 Å². The third kappa shape index (κ3) is 3.62. The highest BCUT2D eigenvalue weighted by atomic mass is 16.5. The van der Waals surface area contributed by atoms with E-state index in [1.807, 2.05) is 60.7 Å². The molecule has 1 aromatic heterocycles. The number of methoxy groups -OCH3 is 2. The second kappa shape index (κ2) is 8.82. The maximum absolute atomic E-state index is 13.2. The van der Waals surface area contributed by atoms with E-state index in [0.29, 0.717) is 25.2 Å². The number of anilines is 2. The average Bonchev–Trinajstić information content (AvgIpc) is 3.46. The summed E-state index contributed by atoms with van der Waals surface area (Å²) < 4.78 is 12.4. The number of amides is 2. The van der Waals surface area contributed by atoms with Gasteiger partial charge in [-0.25, -0.2) is 9.58 Å². The highest BCUT2D eigenvalue weighted by Crippen LogP contribution is 2.41. The Hall–Kier alpha value is -4.14. The smallest absolute Gasteiger partial charge is 0.260 e. The minimum Gasteiger partial charge on any atom is -0.497 e. The molecule has 2 aliphatic heterocycles. The Morgan fingerprint density at radius 2 is 1.39 bits per heavy atom. The SMILES string of the molecule is COc1ccc([C@@H]2C[C@@H](c3ccc(OC)cc3)n3nc(N4C(=O)[C@H]5CC=CC[C@H]5C4=O)nc3N2)cc1. The van der Waals surface area contributed by atoms with Gasteiger partial charge < -0.3 is 14.8 Å². The van der Waals surface area contributed by atoms with Crippen LogP contribution in [0.2, 0.25) is 0 Å². The van der Waals surface area contributed by atoms with Crippen molar-refractivity contribution < 1.29 is 19.1 Å². The van der Waals surface area contributed by atoms with Crippen LogP contribution >= 0.6 is 0 Å². The molecule has 1 aliphatic carbocycles. The van der Waals surface area contributed by atoms with Crippen molar-refractivity contribution in [3.8, 4) is 11.5 Å². The van der Waals surface area contributed by atoms with Crippen molar-refractivity contribution in [3.05, 3.63) is 71.8 Å². The Kier molecular flexibility index (Phi) is 5.47. The zero-order valence-electron chi connectivity index (χ0n) is 20.1. The van der Waals surface area contributed by atoms with Crippen molar-refractivity contribution in [1.29, 1.82) is 0 Å². The quantitative estimate of drug-likeness (QED) is 0.432. The summed E-state index contributed by atoms with van der Waals surface area (Å²) in [5.41, 5.74) is 2.11. The summed E-state index contributed by atoms with van der Waals surface area (Å²) in [4.78, 5) is 32.2. The number of hydrogen-bond acceptors (Lipinski definition) is 7. The Bertz CT molecular complexity index is 1310. The third-order valence-electron chi connectivity index (χ3n) is 7.40. The van der Waals surface area contributed by atoms with E-state index < -0.39 is 0 Å². The number of imide groups is 1. The monoisotopic (exact) mass is 485 g/mol. The number of nitrogens with one attached hydrogen (secondary N) is 1. The maximum Gasteiger partial charge on any atom is 0.260 e. The van der Waals surface area contributed by atoms with E-state index in [4.69, 9.17) is 14.6 Å². The molecule has 0 spiro atoms. The molecule has 2 aromatic carbocycles. The van der Waals surface area contributed by atoms with Crippen molar-refractivity contribution in [3.63, 3.8) is 0 Å².